The number of aliphatic imine (C=N–C) groups is 1. The van der Waals surface area contributed by atoms with Gasteiger partial charge in [-0.3, -0.25) is 9.59 Å². The van der Waals surface area contributed by atoms with Gasteiger partial charge in [0.1, 0.15) is 0 Å². The Morgan fingerprint density at radius 1 is 1.13 bits per heavy atom. The Hall–Kier alpha value is -1.48. The summed E-state index contributed by atoms with van der Waals surface area (Å²) in [6, 6.07) is 8.36. The molecule has 0 bridgehead atoms. The zero-order chi connectivity index (χ0) is 11.7. The van der Waals surface area contributed by atoms with Crippen molar-refractivity contribution in [1.29, 1.82) is 0 Å². The van der Waals surface area contributed by atoms with E-state index >= 15 is 0 Å². The van der Waals surface area contributed by atoms with Crippen molar-refractivity contribution in [2.24, 2.45) is 4.99 Å². The van der Waals surface area contributed by atoms with E-state index in [1.54, 1.807) is 30.3 Å². The molecule has 1 aromatic carbocycles. The van der Waals surface area contributed by atoms with E-state index in [1.807, 2.05) is 0 Å². The highest BCUT2D eigenvalue weighted by Gasteiger charge is 1.99. The lowest BCUT2D eigenvalue weighted by Crippen LogP contribution is -1.92. The molecule has 15 heavy (non-hydrogen) atoms. The van der Waals surface area contributed by atoms with Crippen LogP contribution < -0.4 is 0 Å². The summed E-state index contributed by atoms with van der Waals surface area (Å²) >= 11 is 8.80. The van der Waals surface area contributed by atoms with Gasteiger partial charge < -0.3 is 0 Å². The molecular formula is C9H5Cl2NO3. The zero-order valence-corrected chi connectivity index (χ0v) is 8.83. The van der Waals surface area contributed by atoms with Crippen LogP contribution in [0.5, 0.6) is 0 Å². The summed E-state index contributed by atoms with van der Waals surface area (Å²) in [5, 5.41) is 0. The van der Waals surface area contributed by atoms with Gasteiger partial charge in [0.15, 0.2) is 0 Å². The Kier molecular flexibility index (Phi) is 7.10. The number of isocyanates is 1. The summed E-state index contributed by atoms with van der Waals surface area (Å²) in [6.07, 6.45) is 1.19. The number of carbonyl (C=O) groups is 2. The Bertz CT molecular complexity index is 382. The monoisotopic (exact) mass is 245 g/mol. The molecule has 0 unspecified atom stereocenters. The Balaban J connectivity index is 0.000000423. The van der Waals surface area contributed by atoms with Gasteiger partial charge >= 0.3 is 4.70 Å². The van der Waals surface area contributed by atoms with E-state index in [4.69, 9.17) is 4.79 Å². The summed E-state index contributed by atoms with van der Waals surface area (Å²) in [5.74, 6) is -0.555. The number of hydrogen-bond donors (Lipinski definition) is 0. The van der Waals surface area contributed by atoms with Gasteiger partial charge in [-0.05, 0) is 35.3 Å². The molecule has 0 aliphatic rings. The molecule has 1 rings (SSSR count). The predicted octanol–water partition coefficient (Wildman–Crippen LogP) is 2.75. The lowest BCUT2D eigenvalue weighted by Gasteiger charge is -1.88. The lowest BCUT2D eigenvalue weighted by molar-refractivity contribution is 0.100. The fraction of sp³-hybridized carbons (Fsp3) is 0. The van der Waals surface area contributed by atoms with Gasteiger partial charge in [-0.1, -0.05) is 18.2 Å². The van der Waals surface area contributed by atoms with E-state index in [0.29, 0.717) is 5.56 Å². The molecule has 1 amide bonds. The molecule has 0 radical (unpaired) electrons. The molecule has 0 fully saturated rings. The SMILES string of the molecule is O=C(Cl)Cl.O=C=NC(=O)c1ccccc1. The second-order valence-corrected chi connectivity index (χ2v) is 2.98. The molecular weight excluding hydrogens is 241 g/mol. The first kappa shape index (κ1) is 13.5. The quantitative estimate of drug-likeness (QED) is 0.434. The summed E-state index contributed by atoms with van der Waals surface area (Å²) in [6.45, 7) is 0. The molecule has 0 spiro atoms. The van der Waals surface area contributed by atoms with Crippen molar-refractivity contribution < 1.29 is 14.4 Å². The molecule has 0 aromatic heterocycles. The molecule has 0 aliphatic carbocycles. The van der Waals surface area contributed by atoms with Crippen molar-refractivity contribution in [3.8, 4) is 0 Å². The van der Waals surface area contributed by atoms with Crippen molar-refractivity contribution in [2.75, 3.05) is 0 Å². The third kappa shape index (κ3) is 7.58. The van der Waals surface area contributed by atoms with E-state index in [1.165, 1.54) is 6.08 Å². The van der Waals surface area contributed by atoms with Crippen LogP contribution >= 0.6 is 23.2 Å². The summed E-state index contributed by atoms with van der Waals surface area (Å²) < 4.78 is -0.889. The Labute approximate surface area is 95.5 Å². The van der Waals surface area contributed by atoms with Crippen molar-refractivity contribution in [2.45, 2.75) is 0 Å². The van der Waals surface area contributed by atoms with E-state index < -0.39 is 10.6 Å². The van der Waals surface area contributed by atoms with Crippen LogP contribution in [0.1, 0.15) is 10.4 Å². The Morgan fingerprint density at radius 2 is 1.60 bits per heavy atom. The van der Waals surface area contributed by atoms with Crippen LogP contribution in [-0.4, -0.2) is 16.7 Å². The number of nitrogens with zero attached hydrogens (tertiary/aromatic N) is 1. The second-order valence-electron chi connectivity index (χ2n) is 2.10. The molecule has 0 aliphatic heterocycles. The minimum absolute atomic E-state index is 0.399. The maximum Gasteiger partial charge on any atom is 0.313 e. The minimum atomic E-state index is -0.889. The van der Waals surface area contributed by atoms with Crippen LogP contribution in [0.2, 0.25) is 0 Å². The van der Waals surface area contributed by atoms with E-state index in [-0.39, 0.29) is 0 Å². The van der Waals surface area contributed by atoms with Gasteiger partial charge in [0.25, 0.3) is 5.91 Å². The lowest BCUT2D eigenvalue weighted by atomic mass is 10.2. The summed E-state index contributed by atoms with van der Waals surface area (Å²) in [5.41, 5.74) is 0.399. The molecule has 0 saturated heterocycles. The zero-order valence-electron chi connectivity index (χ0n) is 7.31. The molecule has 0 saturated carbocycles. The number of benzene rings is 1. The maximum absolute atomic E-state index is 10.8. The first-order chi connectivity index (χ1) is 7.07. The van der Waals surface area contributed by atoms with Crippen molar-refractivity contribution >= 4 is 39.9 Å². The normalized spacial score (nSPS) is 7.87. The average molecular weight is 246 g/mol. The standard InChI is InChI=1S/C8H5NO2.CCl2O/c10-6-9-8(11)7-4-2-1-3-5-7;2-1(3)4/h1-5H;. The fourth-order valence-corrected chi connectivity index (χ4v) is 0.687. The molecule has 4 nitrogen and oxygen atoms in total. The van der Waals surface area contributed by atoms with Crippen LogP contribution in [-0.2, 0) is 4.79 Å². The summed E-state index contributed by atoms with van der Waals surface area (Å²) in [7, 11) is 0. The van der Waals surface area contributed by atoms with Gasteiger partial charge in [0.2, 0.25) is 6.08 Å². The number of carbonyl (C=O) groups excluding carboxylic acids is 3. The van der Waals surface area contributed by atoms with E-state index in [9.17, 15) is 9.59 Å². The third-order valence-corrected chi connectivity index (χ3v) is 1.17. The summed E-state index contributed by atoms with van der Waals surface area (Å²) in [4.78, 5) is 32.4. The highest BCUT2D eigenvalue weighted by molar-refractivity contribution is 6.93. The number of hydrogen-bond acceptors (Lipinski definition) is 3. The average Bonchev–Trinajstić information content (AvgIpc) is 2.19. The van der Waals surface area contributed by atoms with Crippen LogP contribution in [0.25, 0.3) is 0 Å². The van der Waals surface area contributed by atoms with Gasteiger partial charge in [-0.15, -0.1) is 4.99 Å². The molecule has 6 heteroatoms. The van der Waals surface area contributed by atoms with Crippen LogP contribution in [0.3, 0.4) is 0 Å². The second kappa shape index (κ2) is 7.88. The number of amides is 1. The van der Waals surface area contributed by atoms with E-state index in [2.05, 4.69) is 28.2 Å². The van der Waals surface area contributed by atoms with Crippen LogP contribution in [0.15, 0.2) is 35.3 Å². The van der Waals surface area contributed by atoms with Crippen molar-refractivity contribution in [3.63, 3.8) is 0 Å². The fourth-order valence-electron chi connectivity index (χ4n) is 0.687. The van der Waals surface area contributed by atoms with Crippen LogP contribution in [0.4, 0.5) is 4.79 Å². The topological polar surface area (TPSA) is 63.6 Å². The molecule has 0 heterocycles. The van der Waals surface area contributed by atoms with Gasteiger partial charge in [0, 0.05) is 5.56 Å². The minimum Gasteiger partial charge on any atom is -0.266 e. The first-order valence-electron chi connectivity index (χ1n) is 3.60. The Morgan fingerprint density at radius 3 is 2.00 bits per heavy atom. The van der Waals surface area contributed by atoms with Crippen LogP contribution in [0, 0.1) is 0 Å². The van der Waals surface area contributed by atoms with E-state index in [0.717, 1.165) is 0 Å². The first-order valence-corrected chi connectivity index (χ1v) is 4.35. The largest absolute Gasteiger partial charge is 0.313 e. The smallest absolute Gasteiger partial charge is 0.266 e. The highest BCUT2D eigenvalue weighted by atomic mass is 35.5. The maximum atomic E-state index is 10.8. The third-order valence-electron chi connectivity index (χ3n) is 1.17. The number of halogens is 2. The van der Waals surface area contributed by atoms with Gasteiger partial charge in [-0.25, -0.2) is 4.79 Å². The molecule has 1 aromatic rings. The van der Waals surface area contributed by atoms with Gasteiger partial charge in [0.05, 0.1) is 0 Å². The highest BCUT2D eigenvalue weighted by Crippen LogP contribution is 1.99. The number of rotatable bonds is 1. The molecule has 78 valence electrons. The van der Waals surface area contributed by atoms with Crippen molar-refractivity contribution in [1.82, 2.24) is 0 Å². The molecule has 0 N–H and O–H groups in total. The van der Waals surface area contributed by atoms with Gasteiger partial charge in [-0.2, -0.15) is 0 Å². The molecule has 0 atom stereocenters. The predicted molar refractivity (Wildman–Crippen MR) is 56.0 cm³/mol. The van der Waals surface area contributed by atoms with Crippen molar-refractivity contribution in [3.05, 3.63) is 35.9 Å².